The van der Waals surface area contributed by atoms with Gasteiger partial charge in [-0.3, -0.25) is 9.59 Å². The minimum Gasteiger partial charge on any atom is -0.340 e. The van der Waals surface area contributed by atoms with E-state index in [1.807, 2.05) is 6.92 Å². The Bertz CT molecular complexity index is 353. The Kier molecular flexibility index (Phi) is 4.76. The Balaban J connectivity index is 2.11. The van der Waals surface area contributed by atoms with Gasteiger partial charge in [0.15, 0.2) is 0 Å². The number of carbonyl (C=O) groups excluding carboxylic acids is 2. The average molecular weight is 284 g/mol. The molecular weight excluding hydrogens is 260 g/mol. The summed E-state index contributed by atoms with van der Waals surface area (Å²) in [5.41, 5.74) is -0.582. The van der Waals surface area contributed by atoms with Gasteiger partial charge < -0.3 is 10.2 Å². The van der Waals surface area contributed by atoms with Crippen molar-refractivity contribution >= 4 is 23.6 Å². The van der Waals surface area contributed by atoms with Crippen LogP contribution in [0.4, 0.5) is 0 Å². The zero-order valence-electron chi connectivity index (χ0n) is 11.9. The predicted molar refractivity (Wildman–Crippen MR) is 78.1 cm³/mol. The van der Waals surface area contributed by atoms with Crippen molar-refractivity contribution in [3.63, 3.8) is 0 Å². The maximum absolute atomic E-state index is 12.8. The first-order chi connectivity index (χ1) is 9.10. The summed E-state index contributed by atoms with van der Waals surface area (Å²) >= 11 is 1.78. The van der Waals surface area contributed by atoms with Crippen LogP contribution in [0.2, 0.25) is 0 Å². The maximum Gasteiger partial charge on any atom is 0.248 e. The molecule has 1 unspecified atom stereocenters. The highest BCUT2D eigenvalue weighted by Crippen LogP contribution is 2.33. The third-order valence-electron chi connectivity index (χ3n) is 4.33. The molecule has 1 heterocycles. The van der Waals surface area contributed by atoms with Crippen LogP contribution in [0, 0.1) is 0 Å². The van der Waals surface area contributed by atoms with Crippen LogP contribution in [0.25, 0.3) is 0 Å². The quantitative estimate of drug-likeness (QED) is 0.801. The van der Waals surface area contributed by atoms with Crippen LogP contribution < -0.4 is 5.32 Å². The summed E-state index contributed by atoms with van der Waals surface area (Å²) in [7, 11) is 0. The van der Waals surface area contributed by atoms with Crippen LogP contribution in [-0.2, 0) is 9.59 Å². The Morgan fingerprint density at radius 1 is 1.32 bits per heavy atom. The van der Waals surface area contributed by atoms with Gasteiger partial charge >= 0.3 is 0 Å². The molecule has 0 aromatic carbocycles. The fraction of sp³-hybridized carbons (Fsp3) is 0.857. The van der Waals surface area contributed by atoms with E-state index < -0.39 is 5.54 Å². The van der Waals surface area contributed by atoms with E-state index in [2.05, 4.69) is 11.6 Å². The van der Waals surface area contributed by atoms with Crippen LogP contribution in [0.5, 0.6) is 0 Å². The lowest BCUT2D eigenvalue weighted by Crippen LogP contribution is -2.70. The Morgan fingerprint density at radius 2 is 2.00 bits per heavy atom. The van der Waals surface area contributed by atoms with E-state index in [1.54, 1.807) is 16.7 Å². The lowest BCUT2D eigenvalue weighted by Gasteiger charge is -2.47. The monoisotopic (exact) mass is 284 g/mol. The molecule has 19 heavy (non-hydrogen) atoms. The Morgan fingerprint density at radius 3 is 2.63 bits per heavy atom. The first-order valence-corrected chi connectivity index (χ1v) is 8.62. The minimum atomic E-state index is -0.582. The summed E-state index contributed by atoms with van der Waals surface area (Å²) in [5.74, 6) is 1.21. The number of rotatable bonds is 4. The number of nitrogens with zero attached hydrogens (tertiary/aromatic N) is 1. The molecule has 5 heteroatoms. The number of nitrogens with one attached hydrogen (secondary N) is 1. The molecule has 2 rings (SSSR count). The third kappa shape index (κ3) is 2.91. The van der Waals surface area contributed by atoms with Gasteiger partial charge in [-0.25, -0.2) is 0 Å². The SMILES string of the molecule is CSCCCN1C(=O)C2(CCCCC2)NC(=O)C1C. The van der Waals surface area contributed by atoms with E-state index >= 15 is 0 Å². The molecule has 2 aliphatic rings. The summed E-state index contributed by atoms with van der Waals surface area (Å²) in [5, 5.41) is 3.02. The van der Waals surface area contributed by atoms with Crippen molar-refractivity contribution in [2.24, 2.45) is 0 Å². The molecule has 1 saturated heterocycles. The number of hydrogen-bond donors (Lipinski definition) is 1. The molecule has 2 fully saturated rings. The van der Waals surface area contributed by atoms with Crippen molar-refractivity contribution in [2.45, 2.75) is 57.0 Å². The molecule has 1 saturated carbocycles. The van der Waals surface area contributed by atoms with Crippen molar-refractivity contribution in [3.8, 4) is 0 Å². The fourth-order valence-electron chi connectivity index (χ4n) is 3.15. The van der Waals surface area contributed by atoms with E-state index in [0.29, 0.717) is 6.54 Å². The van der Waals surface area contributed by atoms with Crippen LogP contribution in [-0.4, -0.2) is 46.8 Å². The van der Waals surface area contributed by atoms with Crippen molar-refractivity contribution in [1.82, 2.24) is 10.2 Å². The molecule has 2 amide bonds. The van der Waals surface area contributed by atoms with E-state index in [0.717, 1.165) is 37.9 Å². The van der Waals surface area contributed by atoms with Crippen LogP contribution in [0.3, 0.4) is 0 Å². The zero-order valence-corrected chi connectivity index (χ0v) is 12.7. The largest absolute Gasteiger partial charge is 0.340 e. The molecular formula is C14H24N2O2S. The number of hydrogen-bond acceptors (Lipinski definition) is 3. The van der Waals surface area contributed by atoms with Crippen molar-refractivity contribution in [3.05, 3.63) is 0 Å². The Hall–Kier alpha value is -0.710. The smallest absolute Gasteiger partial charge is 0.248 e. The van der Waals surface area contributed by atoms with E-state index in [9.17, 15) is 9.59 Å². The highest BCUT2D eigenvalue weighted by Gasteiger charge is 2.49. The topological polar surface area (TPSA) is 49.4 Å². The molecule has 4 nitrogen and oxygen atoms in total. The second kappa shape index (κ2) is 6.16. The van der Waals surface area contributed by atoms with Crippen molar-refractivity contribution in [2.75, 3.05) is 18.6 Å². The number of carbonyl (C=O) groups is 2. The van der Waals surface area contributed by atoms with Gasteiger partial charge in [0.1, 0.15) is 11.6 Å². The third-order valence-corrected chi connectivity index (χ3v) is 5.03. The molecule has 1 spiro atoms. The van der Waals surface area contributed by atoms with Gasteiger partial charge in [-0.15, -0.1) is 0 Å². The molecule has 1 atom stereocenters. The number of thioether (sulfide) groups is 1. The summed E-state index contributed by atoms with van der Waals surface area (Å²) < 4.78 is 0. The van der Waals surface area contributed by atoms with Gasteiger partial charge in [-0.05, 0) is 38.2 Å². The van der Waals surface area contributed by atoms with Gasteiger partial charge in [0.05, 0.1) is 0 Å². The van der Waals surface area contributed by atoms with Crippen molar-refractivity contribution in [1.29, 1.82) is 0 Å². The molecule has 108 valence electrons. The average Bonchev–Trinajstić information content (AvgIpc) is 2.42. The lowest BCUT2D eigenvalue weighted by molar-refractivity contribution is -0.155. The van der Waals surface area contributed by atoms with E-state index in [4.69, 9.17) is 0 Å². The van der Waals surface area contributed by atoms with E-state index in [1.165, 1.54) is 6.42 Å². The summed E-state index contributed by atoms with van der Waals surface area (Å²) in [4.78, 5) is 26.7. The van der Waals surface area contributed by atoms with Crippen LogP contribution in [0.1, 0.15) is 45.4 Å². The fourth-order valence-corrected chi connectivity index (χ4v) is 3.57. The standard InChI is InChI=1S/C14H24N2O2S/c1-11-12(17)15-14(7-4-3-5-8-14)13(18)16(11)9-6-10-19-2/h11H,3-10H2,1-2H3,(H,15,17). The maximum atomic E-state index is 12.8. The van der Waals surface area contributed by atoms with Crippen LogP contribution in [0.15, 0.2) is 0 Å². The van der Waals surface area contributed by atoms with Gasteiger partial charge in [-0.2, -0.15) is 11.8 Å². The lowest BCUT2D eigenvalue weighted by atomic mass is 9.78. The van der Waals surface area contributed by atoms with Crippen LogP contribution >= 0.6 is 11.8 Å². The molecule has 0 aromatic heterocycles. The molecule has 1 aliphatic heterocycles. The summed E-state index contributed by atoms with van der Waals surface area (Å²) in [6, 6.07) is -0.318. The van der Waals surface area contributed by atoms with Crippen molar-refractivity contribution < 1.29 is 9.59 Å². The highest BCUT2D eigenvalue weighted by atomic mass is 32.2. The number of piperazine rings is 1. The zero-order chi connectivity index (χ0) is 13.9. The molecule has 1 N–H and O–H groups in total. The van der Waals surface area contributed by atoms with Gasteiger partial charge in [0.25, 0.3) is 0 Å². The Labute approximate surface area is 119 Å². The molecule has 1 aliphatic carbocycles. The molecule has 0 bridgehead atoms. The number of amides is 2. The molecule has 0 radical (unpaired) electrons. The second-order valence-electron chi connectivity index (χ2n) is 5.65. The predicted octanol–water partition coefficient (Wildman–Crippen LogP) is 1.79. The molecule has 0 aromatic rings. The summed E-state index contributed by atoms with van der Waals surface area (Å²) in [6.07, 6.45) is 7.90. The van der Waals surface area contributed by atoms with Gasteiger partial charge in [0.2, 0.25) is 11.8 Å². The van der Waals surface area contributed by atoms with E-state index in [-0.39, 0.29) is 17.9 Å². The first kappa shape index (κ1) is 14.7. The summed E-state index contributed by atoms with van der Waals surface area (Å²) in [6.45, 7) is 2.54. The minimum absolute atomic E-state index is 0.0191. The second-order valence-corrected chi connectivity index (χ2v) is 6.64. The normalized spacial score (nSPS) is 26.6. The first-order valence-electron chi connectivity index (χ1n) is 7.23. The van der Waals surface area contributed by atoms with Gasteiger partial charge in [-0.1, -0.05) is 19.3 Å². The van der Waals surface area contributed by atoms with Gasteiger partial charge in [0, 0.05) is 6.54 Å². The highest BCUT2D eigenvalue weighted by molar-refractivity contribution is 7.98.